The number of aliphatic carboxylic acids is 1. The number of aldehydes is 1. The summed E-state index contributed by atoms with van der Waals surface area (Å²) in [6.07, 6.45) is 13.9. The van der Waals surface area contributed by atoms with Crippen LogP contribution in [0.4, 0.5) is 0 Å². The second kappa shape index (κ2) is 10.1. The van der Waals surface area contributed by atoms with Gasteiger partial charge in [0.1, 0.15) is 11.7 Å². The summed E-state index contributed by atoms with van der Waals surface area (Å²) >= 11 is 0. The van der Waals surface area contributed by atoms with Crippen molar-refractivity contribution in [2.24, 2.45) is 51.8 Å². The molecule has 0 radical (unpaired) electrons. The van der Waals surface area contributed by atoms with Crippen LogP contribution in [0, 0.1) is 51.8 Å². The Morgan fingerprint density at radius 2 is 1.97 bits per heavy atom. The van der Waals surface area contributed by atoms with Gasteiger partial charge in [-0.05, 0) is 80.6 Å². The van der Waals surface area contributed by atoms with Crippen molar-refractivity contribution in [1.82, 2.24) is 5.32 Å². The summed E-state index contributed by atoms with van der Waals surface area (Å²) in [7, 11) is 0. The molecule has 1 heterocycles. The molecule has 0 aromatic heterocycles. The summed E-state index contributed by atoms with van der Waals surface area (Å²) in [5, 5.41) is 15.0. The Hall–Kier alpha value is -1.20. The molecule has 10 atom stereocenters. The average molecular weight is 514 g/mol. The highest BCUT2D eigenvalue weighted by Crippen LogP contribution is 2.84. The molecule has 7 unspecified atom stereocenters. The van der Waals surface area contributed by atoms with Crippen molar-refractivity contribution in [1.29, 1.82) is 0 Å². The fraction of sp³-hybridized carbons (Fsp3) is 0.875. The molecule has 4 aliphatic carbocycles. The van der Waals surface area contributed by atoms with E-state index in [0.717, 1.165) is 63.5 Å². The molecule has 0 spiro atoms. The maximum Gasteiger partial charge on any atom is 0.315 e. The normalized spacial score (nSPS) is 45.9. The number of carbonyl (C=O) groups excluding carboxylic acids is 1. The van der Waals surface area contributed by atoms with Crippen molar-refractivity contribution in [2.75, 3.05) is 13.1 Å². The van der Waals surface area contributed by atoms with Gasteiger partial charge in [-0.2, -0.15) is 0 Å². The Labute approximate surface area is 224 Å². The molecule has 4 fully saturated rings. The highest BCUT2D eigenvalue weighted by Gasteiger charge is 2.86. The largest absolute Gasteiger partial charge is 0.481 e. The van der Waals surface area contributed by atoms with Crippen molar-refractivity contribution in [2.45, 2.75) is 111 Å². The molecule has 208 valence electrons. The van der Waals surface area contributed by atoms with Gasteiger partial charge in [-0.3, -0.25) is 4.79 Å². The van der Waals surface area contributed by atoms with E-state index in [1.165, 1.54) is 19.3 Å². The zero-order valence-electron chi connectivity index (χ0n) is 23.9. The smallest absolute Gasteiger partial charge is 0.315 e. The van der Waals surface area contributed by atoms with Gasteiger partial charge >= 0.3 is 5.97 Å². The first-order valence-electron chi connectivity index (χ1n) is 15.5. The molecule has 2 N–H and O–H groups in total. The average Bonchev–Trinajstić information content (AvgIpc) is 3.58. The van der Waals surface area contributed by atoms with Crippen molar-refractivity contribution in [3.63, 3.8) is 0 Å². The third-order valence-electron chi connectivity index (χ3n) is 11.9. The Balaban J connectivity index is 1.59. The van der Waals surface area contributed by atoms with E-state index in [2.05, 4.69) is 46.0 Å². The summed E-state index contributed by atoms with van der Waals surface area (Å²) in [6.45, 7) is 12.9. The van der Waals surface area contributed by atoms with Gasteiger partial charge in [-0.15, -0.1) is 0 Å². The lowest BCUT2D eigenvalue weighted by Crippen LogP contribution is -2.65. The minimum Gasteiger partial charge on any atom is -0.481 e. The molecule has 4 bridgehead atoms. The minimum absolute atomic E-state index is 0.100. The van der Waals surface area contributed by atoms with E-state index in [1.807, 2.05) is 0 Å². The topological polar surface area (TPSA) is 75.6 Å². The molecule has 5 rings (SSSR count). The number of carboxylic acids is 1. The highest BCUT2D eigenvalue weighted by molar-refractivity contribution is 5.90. The van der Waals surface area contributed by atoms with Gasteiger partial charge < -0.3 is 20.0 Å². The van der Waals surface area contributed by atoms with Crippen LogP contribution in [0.3, 0.4) is 0 Å². The predicted octanol–water partition coefficient (Wildman–Crippen LogP) is 6.26. The SMILES string of the molecule is CCCCNCC1OC(C23C[C@@H]4[C@H](C)CC[C@H]4C4(C=O)CC2C=C(C(C)C)C34C(=O)O)CC1CCCC. The summed E-state index contributed by atoms with van der Waals surface area (Å²) in [4.78, 5) is 27.2. The molecule has 1 saturated heterocycles. The number of carboxylic acid groups (broad SMARTS) is 1. The van der Waals surface area contributed by atoms with Crippen molar-refractivity contribution < 1.29 is 19.4 Å². The third kappa shape index (κ3) is 3.54. The van der Waals surface area contributed by atoms with Crippen LogP contribution in [0.25, 0.3) is 0 Å². The lowest BCUT2D eigenvalue weighted by molar-refractivity contribution is -0.197. The molecule has 0 aromatic carbocycles. The van der Waals surface area contributed by atoms with Crippen LogP contribution < -0.4 is 5.32 Å². The number of fused-ring (bicyclic) bond motifs is 2. The first kappa shape index (κ1) is 27.4. The number of hydrogen-bond donors (Lipinski definition) is 2. The Bertz CT molecular complexity index is 914. The minimum atomic E-state index is -1.13. The molecule has 1 aliphatic heterocycles. The molecule has 3 saturated carbocycles. The fourth-order valence-electron chi connectivity index (χ4n) is 10.5. The number of ether oxygens (including phenoxy) is 1. The standard InChI is InChI=1S/C32H51NO4/c1-6-8-10-22-14-28(37-27(22)18-33-13-9-7-2)31-17-24-21(5)11-12-25(24)30(19-34)16-23(31)15-26(20(3)4)32(30,31)29(35)36/h15,19-25,27-28,33H,6-14,16-18H2,1-5H3,(H,35,36)/t21-,22?,23?,24-,25-,27?,28?,30?,31?,32?/m1/s1. The molecule has 5 nitrogen and oxygen atoms in total. The Morgan fingerprint density at radius 1 is 1.22 bits per heavy atom. The van der Waals surface area contributed by atoms with Gasteiger partial charge in [0.15, 0.2) is 0 Å². The van der Waals surface area contributed by atoms with Crippen LogP contribution in [-0.2, 0) is 14.3 Å². The maximum absolute atomic E-state index is 13.8. The molecule has 0 amide bonds. The van der Waals surface area contributed by atoms with E-state index in [1.54, 1.807) is 0 Å². The number of nitrogens with one attached hydrogen (secondary N) is 1. The Kier molecular flexibility index (Phi) is 7.46. The van der Waals surface area contributed by atoms with Crippen LogP contribution in [0.2, 0.25) is 0 Å². The van der Waals surface area contributed by atoms with Crippen molar-refractivity contribution in [3.8, 4) is 0 Å². The fourth-order valence-corrected chi connectivity index (χ4v) is 10.5. The first-order valence-corrected chi connectivity index (χ1v) is 15.5. The van der Waals surface area contributed by atoms with Crippen LogP contribution in [0.5, 0.6) is 0 Å². The van der Waals surface area contributed by atoms with Gasteiger partial charge in [-0.25, -0.2) is 0 Å². The molecule has 5 heteroatoms. The van der Waals surface area contributed by atoms with Crippen LogP contribution in [-0.4, -0.2) is 42.7 Å². The number of allylic oxidation sites excluding steroid dienone is 1. The van der Waals surface area contributed by atoms with Gasteiger partial charge in [-0.1, -0.05) is 72.0 Å². The molecule has 0 aromatic rings. The molecular weight excluding hydrogens is 462 g/mol. The Morgan fingerprint density at radius 3 is 2.62 bits per heavy atom. The molecule has 37 heavy (non-hydrogen) atoms. The lowest BCUT2D eigenvalue weighted by atomic mass is 9.41. The van der Waals surface area contributed by atoms with Gasteiger partial charge in [0.25, 0.3) is 0 Å². The van der Waals surface area contributed by atoms with E-state index < -0.39 is 22.2 Å². The zero-order chi connectivity index (χ0) is 26.6. The van der Waals surface area contributed by atoms with E-state index in [4.69, 9.17) is 4.74 Å². The monoisotopic (exact) mass is 513 g/mol. The van der Waals surface area contributed by atoms with Gasteiger partial charge in [0.2, 0.25) is 0 Å². The van der Waals surface area contributed by atoms with Gasteiger partial charge in [0.05, 0.1) is 17.6 Å². The second-order valence-corrected chi connectivity index (χ2v) is 13.7. The summed E-state index contributed by atoms with van der Waals surface area (Å²) in [5.41, 5.74) is -1.41. The second-order valence-electron chi connectivity index (χ2n) is 13.7. The van der Waals surface area contributed by atoms with Crippen LogP contribution in [0.15, 0.2) is 11.6 Å². The molecular formula is C32H51NO4. The first-order chi connectivity index (χ1) is 17.7. The third-order valence-corrected chi connectivity index (χ3v) is 11.9. The van der Waals surface area contributed by atoms with Crippen LogP contribution in [0.1, 0.15) is 98.8 Å². The van der Waals surface area contributed by atoms with Gasteiger partial charge in [0, 0.05) is 12.0 Å². The number of hydrogen-bond acceptors (Lipinski definition) is 4. The van der Waals surface area contributed by atoms with E-state index in [0.29, 0.717) is 24.2 Å². The van der Waals surface area contributed by atoms with E-state index >= 15 is 0 Å². The summed E-state index contributed by atoms with van der Waals surface area (Å²) in [5.74, 6) is 1.06. The zero-order valence-corrected chi connectivity index (χ0v) is 23.9. The predicted molar refractivity (Wildman–Crippen MR) is 146 cm³/mol. The number of carbonyl (C=O) groups is 2. The summed E-state index contributed by atoms with van der Waals surface area (Å²) in [6, 6.07) is 0. The van der Waals surface area contributed by atoms with E-state index in [9.17, 15) is 14.7 Å². The number of rotatable bonds is 12. The molecule has 5 aliphatic rings. The van der Waals surface area contributed by atoms with Crippen LogP contribution >= 0.6 is 0 Å². The van der Waals surface area contributed by atoms with Crippen molar-refractivity contribution in [3.05, 3.63) is 11.6 Å². The maximum atomic E-state index is 13.8. The highest BCUT2D eigenvalue weighted by atomic mass is 16.5. The van der Waals surface area contributed by atoms with Crippen molar-refractivity contribution >= 4 is 12.3 Å². The quantitative estimate of drug-likeness (QED) is 0.183. The summed E-state index contributed by atoms with van der Waals surface area (Å²) < 4.78 is 7.09. The van der Waals surface area contributed by atoms with E-state index in [-0.39, 0.29) is 30.0 Å². The lowest BCUT2D eigenvalue weighted by Gasteiger charge is -2.60. The number of unbranched alkanes of at least 4 members (excludes halogenated alkanes) is 2.